The molecule has 0 unspecified atom stereocenters. The van der Waals surface area contributed by atoms with Crippen LogP contribution in [-0.2, 0) is 13.1 Å². The Morgan fingerprint density at radius 3 is 2.89 bits per heavy atom. The van der Waals surface area contributed by atoms with Crippen LogP contribution in [-0.4, -0.2) is 57.0 Å². The molecule has 0 spiro atoms. The van der Waals surface area contributed by atoms with Crippen molar-refractivity contribution in [3.63, 3.8) is 0 Å². The van der Waals surface area contributed by atoms with Gasteiger partial charge in [0.2, 0.25) is 0 Å². The van der Waals surface area contributed by atoms with E-state index in [1.165, 1.54) is 17.0 Å². The third-order valence-corrected chi connectivity index (χ3v) is 6.07. The summed E-state index contributed by atoms with van der Waals surface area (Å²) in [5.74, 6) is -0.261. The lowest BCUT2D eigenvalue weighted by molar-refractivity contribution is 0.0506. The number of hydrogen-bond acceptors (Lipinski definition) is 5. The summed E-state index contributed by atoms with van der Waals surface area (Å²) in [6, 6.07) is 11.1. The van der Waals surface area contributed by atoms with Crippen molar-refractivity contribution in [2.45, 2.75) is 25.6 Å². The molecule has 2 aromatic heterocycles. The summed E-state index contributed by atoms with van der Waals surface area (Å²) < 4.78 is 15.2. The van der Waals surface area contributed by atoms with Crippen LogP contribution in [0.25, 0.3) is 5.69 Å². The summed E-state index contributed by atoms with van der Waals surface area (Å²) in [5.41, 5.74) is 1.84. The number of halogens is 1. The number of piperazine rings is 1. The number of hydrogen-bond donors (Lipinski definition) is 1. The SMILES string of the molecule is OCC[C@H]1CN(Cc2cnn(-c3cccc(F)c3)c2)CCN1Cc1cccs1. The maximum absolute atomic E-state index is 13.4. The van der Waals surface area contributed by atoms with Crippen LogP contribution in [0.15, 0.2) is 54.2 Å². The van der Waals surface area contributed by atoms with Gasteiger partial charge >= 0.3 is 0 Å². The van der Waals surface area contributed by atoms with Gasteiger partial charge in [0, 0.05) is 62.0 Å². The molecule has 1 aliphatic heterocycles. The highest BCUT2D eigenvalue weighted by Gasteiger charge is 2.27. The molecule has 0 radical (unpaired) electrons. The first-order valence-corrected chi connectivity index (χ1v) is 10.5. The van der Waals surface area contributed by atoms with Crippen molar-refractivity contribution in [2.24, 2.45) is 0 Å². The van der Waals surface area contributed by atoms with Crippen LogP contribution in [0.5, 0.6) is 0 Å². The fourth-order valence-corrected chi connectivity index (χ4v) is 4.52. The van der Waals surface area contributed by atoms with Crippen molar-refractivity contribution in [3.05, 3.63) is 70.4 Å². The molecule has 0 bridgehead atoms. The Bertz CT molecular complexity index is 882. The lowest BCUT2D eigenvalue weighted by Gasteiger charge is -2.41. The van der Waals surface area contributed by atoms with E-state index in [0.29, 0.717) is 6.04 Å². The Kier molecular flexibility index (Phi) is 6.17. The van der Waals surface area contributed by atoms with Gasteiger partial charge in [-0.3, -0.25) is 9.80 Å². The molecule has 3 heterocycles. The minimum atomic E-state index is -0.261. The molecule has 3 aromatic rings. The minimum Gasteiger partial charge on any atom is -0.396 e. The normalized spacial score (nSPS) is 18.6. The predicted molar refractivity (Wildman–Crippen MR) is 109 cm³/mol. The monoisotopic (exact) mass is 400 g/mol. The van der Waals surface area contributed by atoms with Crippen LogP contribution in [0.3, 0.4) is 0 Å². The van der Waals surface area contributed by atoms with Gasteiger partial charge in [0.25, 0.3) is 0 Å². The van der Waals surface area contributed by atoms with E-state index >= 15 is 0 Å². The fraction of sp³-hybridized carbons (Fsp3) is 0.381. The second kappa shape index (κ2) is 8.96. The van der Waals surface area contributed by atoms with Crippen LogP contribution >= 0.6 is 11.3 Å². The Labute approximate surface area is 168 Å². The number of aliphatic hydroxyl groups excluding tert-OH is 1. The first-order valence-electron chi connectivity index (χ1n) is 9.60. The van der Waals surface area contributed by atoms with E-state index in [0.717, 1.165) is 50.4 Å². The zero-order valence-corrected chi connectivity index (χ0v) is 16.6. The number of aromatic nitrogens is 2. The van der Waals surface area contributed by atoms with Crippen molar-refractivity contribution < 1.29 is 9.50 Å². The van der Waals surface area contributed by atoms with Crippen molar-refractivity contribution in [1.29, 1.82) is 0 Å². The molecule has 0 aliphatic carbocycles. The molecule has 1 aliphatic rings. The first-order chi connectivity index (χ1) is 13.7. The second-order valence-electron chi connectivity index (χ2n) is 7.22. The summed E-state index contributed by atoms with van der Waals surface area (Å²) in [6.45, 7) is 4.87. The Morgan fingerprint density at radius 2 is 2.11 bits per heavy atom. The summed E-state index contributed by atoms with van der Waals surface area (Å²) in [4.78, 5) is 6.26. The van der Waals surface area contributed by atoms with Gasteiger partial charge in [0.05, 0.1) is 11.9 Å². The lowest BCUT2D eigenvalue weighted by Crippen LogP contribution is -2.52. The van der Waals surface area contributed by atoms with Crippen LogP contribution < -0.4 is 0 Å². The molecule has 0 amide bonds. The number of rotatable bonds is 7. The third kappa shape index (κ3) is 4.67. The number of benzene rings is 1. The Morgan fingerprint density at radius 1 is 1.18 bits per heavy atom. The zero-order chi connectivity index (χ0) is 19.3. The quantitative estimate of drug-likeness (QED) is 0.662. The molecule has 1 saturated heterocycles. The standard InChI is InChI=1S/C21H25FN4OS/c22-18-3-1-4-19(11-18)26-14-17(12-23-26)13-24-7-8-25(20(15-24)6-9-27)16-21-5-2-10-28-21/h1-5,10-12,14,20,27H,6-9,13,15-16H2/t20-/m0/s1. The van der Waals surface area contributed by atoms with E-state index in [-0.39, 0.29) is 12.4 Å². The molecule has 148 valence electrons. The number of thiophene rings is 1. The van der Waals surface area contributed by atoms with Crippen molar-refractivity contribution >= 4 is 11.3 Å². The highest BCUT2D eigenvalue weighted by Crippen LogP contribution is 2.20. The van der Waals surface area contributed by atoms with E-state index in [4.69, 9.17) is 0 Å². The Balaban J connectivity index is 1.39. The number of nitrogens with zero attached hydrogens (tertiary/aromatic N) is 4. The highest BCUT2D eigenvalue weighted by molar-refractivity contribution is 7.09. The van der Waals surface area contributed by atoms with Crippen LogP contribution in [0, 0.1) is 5.82 Å². The minimum absolute atomic E-state index is 0.205. The summed E-state index contributed by atoms with van der Waals surface area (Å²) in [6.07, 6.45) is 4.60. The molecule has 7 heteroatoms. The zero-order valence-electron chi connectivity index (χ0n) is 15.7. The Hall–Kier alpha value is -2.06. The van der Waals surface area contributed by atoms with Gasteiger partial charge in [-0.15, -0.1) is 11.3 Å². The molecule has 5 nitrogen and oxygen atoms in total. The summed E-state index contributed by atoms with van der Waals surface area (Å²) in [5, 5.41) is 16.0. The topological polar surface area (TPSA) is 44.5 Å². The predicted octanol–water partition coefficient (Wildman–Crippen LogP) is 3.14. The maximum Gasteiger partial charge on any atom is 0.125 e. The molecular formula is C21H25FN4OS. The largest absolute Gasteiger partial charge is 0.396 e. The van der Waals surface area contributed by atoms with Gasteiger partial charge in [0.1, 0.15) is 5.82 Å². The molecule has 1 aromatic carbocycles. The molecule has 0 saturated carbocycles. The van der Waals surface area contributed by atoms with Crippen LogP contribution in [0.1, 0.15) is 16.9 Å². The van der Waals surface area contributed by atoms with Gasteiger partial charge in [-0.1, -0.05) is 12.1 Å². The van der Waals surface area contributed by atoms with Gasteiger partial charge in [-0.25, -0.2) is 9.07 Å². The smallest absolute Gasteiger partial charge is 0.125 e. The molecule has 1 fully saturated rings. The van der Waals surface area contributed by atoms with E-state index in [2.05, 4.69) is 32.4 Å². The molecule has 4 rings (SSSR count). The second-order valence-corrected chi connectivity index (χ2v) is 8.26. The van der Waals surface area contributed by atoms with Crippen molar-refractivity contribution in [1.82, 2.24) is 19.6 Å². The fourth-order valence-electron chi connectivity index (χ4n) is 3.79. The summed E-state index contributed by atoms with van der Waals surface area (Å²) >= 11 is 1.79. The summed E-state index contributed by atoms with van der Waals surface area (Å²) in [7, 11) is 0. The maximum atomic E-state index is 13.4. The molecule has 1 atom stereocenters. The number of aliphatic hydroxyl groups is 1. The lowest BCUT2D eigenvalue weighted by atomic mass is 10.1. The molecule has 1 N–H and O–H groups in total. The van der Waals surface area contributed by atoms with Crippen molar-refractivity contribution in [2.75, 3.05) is 26.2 Å². The van der Waals surface area contributed by atoms with Crippen molar-refractivity contribution in [3.8, 4) is 5.69 Å². The third-order valence-electron chi connectivity index (χ3n) is 5.21. The van der Waals surface area contributed by atoms with Gasteiger partial charge in [-0.2, -0.15) is 5.10 Å². The van der Waals surface area contributed by atoms with Crippen LogP contribution in [0.2, 0.25) is 0 Å². The van der Waals surface area contributed by atoms with Crippen LogP contribution in [0.4, 0.5) is 4.39 Å². The average molecular weight is 401 g/mol. The van der Waals surface area contributed by atoms with E-state index in [1.54, 1.807) is 22.1 Å². The average Bonchev–Trinajstić information content (AvgIpc) is 3.36. The van der Waals surface area contributed by atoms with Gasteiger partial charge in [-0.05, 0) is 36.1 Å². The molecule has 28 heavy (non-hydrogen) atoms. The van der Waals surface area contributed by atoms with E-state index < -0.39 is 0 Å². The van der Waals surface area contributed by atoms with Gasteiger partial charge < -0.3 is 5.11 Å². The highest BCUT2D eigenvalue weighted by atomic mass is 32.1. The first kappa shape index (κ1) is 19.3. The van der Waals surface area contributed by atoms with E-state index in [1.807, 2.05) is 18.5 Å². The van der Waals surface area contributed by atoms with Gasteiger partial charge in [0.15, 0.2) is 0 Å². The molecular weight excluding hydrogens is 375 g/mol. The van der Waals surface area contributed by atoms with E-state index in [9.17, 15) is 9.50 Å².